The lowest BCUT2D eigenvalue weighted by atomic mass is 10.1. The van der Waals surface area contributed by atoms with Gasteiger partial charge in [0.2, 0.25) is 5.91 Å². The summed E-state index contributed by atoms with van der Waals surface area (Å²) in [5.74, 6) is -0.541. The fourth-order valence-corrected chi connectivity index (χ4v) is 1.65. The highest BCUT2D eigenvalue weighted by molar-refractivity contribution is 6.31. The maximum Gasteiger partial charge on any atom is 0.325 e. The van der Waals surface area contributed by atoms with Gasteiger partial charge in [-0.25, -0.2) is 4.79 Å². The van der Waals surface area contributed by atoms with Crippen molar-refractivity contribution in [2.24, 2.45) is 0 Å². The predicted octanol–water partition coefficient (Wildman–Crippen LogP) is 2.51. The van der Waals surface area contributed by atoms with Crippen LogP contribution in [0.1, 0.15) is 6.92 Å². The summed E-state index contributed by atoms with van der Waals surface area (Å²) < 4.78 is 0. The number of carbonyl (C=O) groups excluding carboxylic acids is 2. The number of fused-ring (bicyclic) bond motifs is 1. The minimum Gasteiger partial charge on any atom is -0.307 e. The number of aromatic nitrogens is 1. The molecular formula is C13H12ClN3O2. The number of nitrogens with zero attached hydrogens (tertiary/aromatic N) is 1. The summed E-state index contributed by atoms with van der Waals surface area (Å²) in [6.45, 7) is 1.49. The molecule has 0 spiro atoms. The molecule has 0 fully saturated rings. The Bertz CT molecular complexity index is 623. The highest BCUT2D eigenvalue weighted by Crippen LogP contribution is 2.21. The van der Waals surface area contributed by atoms with E-state index in [9.17, 15) is 9.59 Å². The largest absolute Gasteiger partial charge is 0.325 e. The molecule has 1 unspecified atom stereocenters. The first-order chi connectivity index (χ1) is 9.08. The monoisotopic (exact) mass is 277 g/mol. The third kappa shape index (κ3) is 3.20. The fraction of sp³-hybridized carbons (Fsp3) is 0.154. The second-order valence-electron chi connectivity index (χ2n) is 3.96. The number of alkyl halides is 1. The molecule has 2 N–H and O–H groups in total. The van der Waals surface area contributed by atoms with E-state index in [-0.39, 0.29) is 0 Å². The fourth-order valence-electron chi connectivity index (χ4n) is 1.60. The number of amides is 3. The molecule has 98 valence electrons. The lowest BCUT2D eigenvalue weighted by Gasteiger charge is -2.09. The molecule has 0 saturated heterocycles. The Morgan fingerprint density at radius 1 is 1.32 bits per heavy atom. The normalized spacial score (nSPS) is 11.9. The average Bonchev–Trinajstić information content (AvgIpc) is 2.39. The van der Waals surface area contributed by atoms with Gasteiger partial charge in [-0.05, 0) is 19.1 Å². The Kier molecular flexibility index (Phi) is 3.97. The molecule has 0 bridgehead atoms. The van der Waals surface area contributed by atoms with Crippen molar-refractivity contribution in [3.8, 4) is 0 Å². The van der Waals surface area contributed by atoms with Crippen molar-refractivity contribution in [2.45, 2.75) is 12.3 Å². The van der Waals surface area contributed by atoms with Gasteiger partial charge in [0.05, 0.1) is 5.69 Å². The van der Waals surface area contributed by atoms with Crippen LogP contribution in [0.2, 0.25) is 0 Å². The number of anilines is 1. The van der Waals surface area contributed by atoms with Gasteiger partial charge in [-0.3, -0.25) is 15.1 Å². The second-order valence-corrected chi connectivity index (χ2v) is 4.62. The predicted molar refractivity (Wildman–Crippen MR) is 74.2 cm³/mol. The Morgan fingerprint density at radius 2 is 2.11 bits per heavy atom. The van der Waals surface area contributed by atoms with E-state index in [2.05, 4.69) is 15.6 Å². The number of imide groups is 1. The molecule has 0 aliphatic carbocycles. The van der Waals surface area contributed by atoms with Crippen molar-refractivity contribution in [1.29, 1.82) is 0 Å². The van der Waals surface area contributed by atoms with Crippen molar-refractivity contribution in [2.75, 3.05) is 5.32 Å². The Hall–Kier alpha value is -2.14. The van der Waals surface area contributed by atoms with Crippen LogP contribution in [0.15, 0.2) is 36.7 Å². The van der Waals surface area contributed by atoms with Gasteiger partial charge in [0.15, 0.2) is 0 Å². The van der Waals surface area contributed by atoms with E-state index in [1.807, 2.05) is 6.07 Å². The third-order valence-corrected chi connectivity index (χ3v) is 2.73. The number of urea groups is 1. The first-order valence-electron chi connectivity index (χ1n) is 5.66. The zero-order valence-corrected chi connectivity index (χ0v) is 10.9. The van der Waals surface area contributed by atoms with Crippen LogP contribution in [-0.4, -0.2) is 22.3 Å². The number of halogens is 1. The Balaban J connectivity index is 2.18. The summed E-state index contributed by atoms with van der Waals surface area (Å²) in [7, 11) is 0. The highest BCUT2D eigenvalue weighted by atomic mass is 35.5. The van der Waals surface area contributed by atoms with Crippen molar-refractivity contribution < 1.29 is 9.59 Å². The molecule has 2 aromatic rings. The van der Waals surface area contributed by atoms with E-state index >= 15 is 0 Å². The quantitative estimate of drug-likeness (QED) is 0.829. The van der Waals surface area contributed by atoms with Crippen molar-refractivity contribution >= 4 is 40.0 Å². The van der Waals surface area contributed by atoms with E-state index in [0.717, 1.165) is 10.8 Å². The van der Waals surface area contributed by atoms with Gasteiger partial charge in [-0.1, -0.05) is 12.1 Å². The topological polar surface area (TPSA) is 71.1 Å². The second kappa shape index (κ2) is 5.67. The van der Waals surface area contributed by atoms with Crippen LogP contribution in [0.4, 0.5) is 10.5 Å². The molecule has 3 amide bonds. The molecule has 6 heteroatoms. The number of benzene rings is 1. The van der Waals surface area contributed by atoms with Gasteiger partial charge < -0.3 is 5.32 Å². The number of hydrogen-bond donors (Lipinski definition) is 2. The van der Waals surface area contributed by atoms with E-state index < -0.39 is 17.3 Å². The van der Waals surface area contributed by atoms with Gasteiger partial charge in [-0.2, -0.15) is 0 Å². The smallest absolute Gasteiger partial charge is 0.307 e. The molecule has 0 saturated carbocycles. The number of hydrogen-bond acceptors (Lipinski definition) is 3. The minimum absolute atomic E-state index is 0.541. The summed E-state index contributed by atoms with van der Waals surface area (Å²) in [5.41, 5.74) is 0.604. The summed E-state index contributed by atoms with van der Waals surface area (Å²) in [6, 6.07) is 6.61. The maximum absolute atomic E-state index is 11.7. The zero-order valence-electron chi connectivity index (χ0n) is 10.2. The SMILES string of the molecule is CC(Cl)C(=O)NC(=O)Nc1cccc2cnccc12. The molecule has 0 radical (unpaired) electrons. The minimum atomic E-state index is -0.762. The lowest BCUT2D eigenvalue weighted by Crippen LogP contribution is -2.38. The van der Waals surface area contributed by atoms with Crippen LogP contribution in [0.5, 0.6) is 0 Å². The van der Waals surface area contributed by atoms with Crippen LogP contribution < -0.4 is 10.6 Å². The number of rotatable bonds is 2. The molecule has 5 nitrogen and oxygen atoms in total. The van der Waals surface area contributed by atoms with Crippen LogP contribution in [-0.2, 0) is 4.79 Å². The van der Waals surface area contributed by atoms with Gasteiger partial charge in [0, 0.05) is 23.2 Å². The summed E-state index contributed by atoms with van der Waals surface area (Å²) in [6.07, 6.45) is 3.34. The van der Waals surface area contributed by atoms with Crippen LogP contribution in [0.25, 0.3) is 10.8 Å². The standard InChI is InChI=1S/C13H12ClN3O2/c1-8(14)12(18)17-13(19)16-11-4-2-3-9-7-15-6-5-10(9)11/h2-8H,1H3,(H2,16,17,18,19). The first kappa shape index (κ1) is 13.3. The number of pyridine rings is 1. The summed E-state index contributed by atoms with van der Waals surface area (Å²) >= 11 is 5.57. The molecule has 19 heavy (non-hydrogen) atoms. The average molecular weight is 278 g/mol. The molecule has 1 aromatic heterocycles. The summed E-state index contributed by atoms with van der Waals surface area (Å²) in [5, 5.41) is 5.75. The van der Waals surface area contributed by atoms with Crippen LogP contribution >= 0.6 is 11.6 Å². The number of carbonyl (C=O) groups is 2. The van der Waals surface area contributed by atoms with E-state index in [1.54, 1.807) is 30.6 Å². The van der Waals surface area contributed by atoms with E-state index in [1.165, 1.54) is 6.92 Å². The van der Waals surface area contributed by atoms with Gasteiger partial charge >= 0.3 is 6.03 Å². The van der Waals surface area contributed by atoms with Crippen molar-refractivity contribution in [1.82, 2.24) is 10.3 Å². The third-order valence-electron chi connectivity index (χ3n) is 2.53. The molecular weight excluding hydrogens is 266 g/mol. The molecule has 0 aliphatic heterocycles. The maximum atomic E-state index is 11.7. The van der Waals surface area contributed by atoms with E-state index in [0.29, 0.717) is 5.69 Å². The van der Waals surface area contributed by atoms with Crippen LogP contribution in [0.3, 0.4) is 0 Å². The van der Waals surface area contributed by atoms with Crippen molar-refractivity contribution in [3.05, 3.63) is 36.7 Å². The molecule has 1 heterocycles. The lowest BCUT2D eigenvalue weighted by molar-refractivity contribution is -0.119. The van der Waals surface area contributed by atoms with Crippen molar-refractivity contribution in [3.63, 3.8) is 0 Å². The molecule has 0 aliphatic rings. The Morgan fingerprint density at radius 3 is 2.84 bits per heavy atom. The van der Waals surface area contributed by atoms with Gasteiger partial charge in [0.1, 0.15) is 5.38 Å². The zero-order chi connectivity index (χ0) is 13.8. The molecule has 1 aromatic carbocycles. The van der Waals surface area contributed by atoms with Gasteiger partial charge in [-0.15, -0.1) is 11.6 Å². The molecule has 1 atom stereocenters. The van der Waals surface area contributed by atoms with E-state index in [4.69, 9.17) is 11.6 Å². The summed E-state index contributed by atoms with van der Waals surface area (Å²) in [4.78, 5) is 27.0. The Labute approximate surface area is 115 Å². The molecule has 2 rings (SSSR count). The first-order valence-corrected chi connectivity index (χ1v) is 6.10. The van der Waals surface area contributed by atoms with Gasteiger partial charge in [0.25, 0.3) is 0 Å². The van der Waals surface area contributed by atoms with Crippen LogP contribution in [0, 0.1) is 0 Å². The highest BCUT2D eigenvalue weighted by Gasteiger charge is 2.13. The number of nitrogens with one attached hydrogen (secondary N) is 2.